The standard InChI is InChI=1S/C37H26N2.C2H6/c1-25-14-23-37-33(24-25)32-10-4-7-13-36(32)39(37)29-21-17-27(18-22-29)26-15-19-28(20-16-26)38-34-11-5-2-8-30(34)31-9-3-6-12-35(31)38;1-2/h2-24H,1H3;1-2H3. The third kappa shape index (κ3) is 4.03. The molecule has 0 bridgehead atoms. The van der Waals surface area contributed by atoms with Crippen LogP contribution in [0.5, 0.6) is 0 Å². The monoisotopic (exact) mass is 528 g/mol. The fraction of sp³-hybridized carbons (Fsp3) is 0.0769. The Hall–Kier alpha value is -5.08. The van der Waals surface area contributed by atoms with Crippen LogP contribution in [0.1, 0.15) is 19.4 Å². The highest BCUT2D eigenvalue weighted by Gasteiger charge is 2.13. The summed E-state index contributed by atoms with van der Waals surface area (Å²) in [4.78, 5) is 0. The quantitative estimate of drug-likeness (QED) is 0.216. The first-order chi connectivity index (χ1) is 20.3. The molecule has 8 rings (SSSR count). The zero-order valence-electron chi connectivity index (χ0n) is 23.7. The van der Waals surface area contributed by atoms with E-state index in [0.29, 0.717) is 0 Å². The number of para-hydroxylation sites is 3. The normalized spacial score (nSPS) is 11.3. The Morgan fingerprint density at radius 2 is 0.732 bits per heavy atom. The van der Waals surface area contributed by atoms with Crippen molar-refractivity contribution in [2.75, 3.05) is 0 Å². The molecule has 0 aliphatic heterocycles. The molecule has 8 aromatic rings. The van der Waals surface area contributed by atoms with Crippen LogP contribution in [0.2, 0.25) is 0 Å². The van der Waals surface area contributed by atoms with Gasteiger partial charge in [-0.3, -0.25) is 0 Å². The van der Waals surface area contributed by atoms with E-state index < -0.39 is 0 Å². The van der Waals surface area contributed by atoms with Gasteiger partial charge < -0.3 is 9.13 Å². The first-order valence-corrected chi connectivity index (χ1v) is 14.5. The van der Waals surface area contributed by atoms with Crippen LogP contribution in [0.25, 0.3) is 66.1 Å². The summed E-state index contributed by atoms with van der Waals surface area (Å²) in [5.74, 6) is 0. The van der Waals surface area contributed by atoms with Crippen LogP contribution in [0.3, 0.4) is 0 Å². The Kier molecular flexibility index (Phi) is 6.17. The predicted octanol–water partition coefficient (Wildman–Crippen LogP) is 10.9. The van der Waals surface area contributed by atoms with Crippen molar-refractivity contribution in [1.82, 2.24) is 9.13 Å². The van der Waals surface area contributed by atoms with Crippen LogP contribution in [0, 0.1) is 6.92 Å². The minimum atomic E-state index is 1.17. The van der Waals surface area contributed by atoms with Crippen LogP contribution in [-0.2, 0) is 0 Å². The molecule has 6 aromatic carbocycles. The van der Waals surface area contributed by atoms with Crippen molar-refractivity contribution >= 4 is 43.6 Å². The smallest absolute Gasteiger partial charge is 0.0541 e. The highest BCUT2D eigenvalue weighted by atomic mass is 15.0. The van der Waals surface area contributed by atoms with E-state index >= 15 is 0 Å². The van der Waals surface area contributed by atoms with E-state index in [0.717, 1.165) is 0 Å². The van der Waals surface area contributed by atoms with Gasteiger partial charge in [-0.1, -0.05) is 104 Å². The van der Waals surface area contributed by atoms with Crippen molar-refractivity contribution in [2.45, 2.75) is 20.8 Å². The lowest BCUT2D eigenvalue weighted by atomic mass is 10.0. The molecule has 41 heavy (non-hydrogen) atoms. The van der Waals surface area contributed by atoms with E-state index in [-0.39, 0.29) is 0 Å². The maximum Gasteiger partial charge on any atom is 0.0541 e. The maximum atomic E-state index is 2.37. The van der Waals surface area contributed by atoms with Gasteiger partial charge in [0, 0.05) is 32.9 Å². The molecule has 2 heteroatoms. The van der Waals surface area contributed by atoms with Crippen molar-refractivity contribution in [3.8, 4) is 22.5 Å². The fourth-order valence-electron chi connectivity index (χ4n) is 6.17. The Labute approximate surface area is 240 Å². The number of fused-ring (bicyclic) bond motifs is 6. The number of aromatic nitrogens is 2. The van der Waals surface area contributed by atoms with Crippen molar-refractivity contribution in [2.24, 2.45) is 0 Å². The molecule has 0 aliphatic rings. The summed E-state index contributed by atoms with van der Waals surface area (Å²) < 4.78 is 4.74. The Bertz CT molecular complexity index is 2100. The molecule has 0 aliphatic carbocycles. The number of aryl methyl sites for hydroxylation is 1. The van der Waals surface area contributed by atoms with Crippen molar-refractivity contribution in [3.05, 3.63) is 145 Å². The molecule has 2 heterocycles. The predicted molar refractivity (Wildman–Crippen MR) is 177 cm³/mol. The Balaban J connectivity index is 0.00000135. The van der Waals surface area contributed by atoms with Crippen LogP contribution in [0.15, 0.2) is 140 Å². The topological polar surface area (TPSA) is 9.86 Å². The molecule has 0 radical (unpaired) electrons. The molecule has 2 aromatic heterocycles. The summed E-state index contributed by atoms with van der Waals surface area (Å²) in [6.45, 7) is 6.16. The summed E-state index contributed by atoms with van der Waals surface area (Å²) >= 11 is 0. The second-order valence-electron chi connectivity index (χ2n) is 10.3. The van der Waals surface area contributed by atoms with Gasteiger partial charge in [-0.05, 0) is 72.6 Å². The molecule has 0 N–H and O–H groups in total. The average Bonchev–Trinajstić information content (AvgIpc) is 3.55. The molecule has 2 nitrogen and oxygen atoms in total. The van der Waals surface area contributed by atoms with Gasteiger partial charge in [-0.25, -0.2) is 0 Å². The van der Waals surface area contributed by atoms with Gasteiger partial charge in [0.15, 0.2) is 0 Å². The van der Waals surface area contributed by atoms with Gasteiger partial charge >= 0.3 is 0 Å². The lowest BCUT2D eigenvalue weighted by Crippen LogP contribution is -1.94. The molecule has 0 saturated carbocycles. The van der Waals surface area contributed by atoms with Gasteiger partial charge in [0.25, 0.3) is 0 Å². The number of nitrogens with zero attached hydrogens (tertiary/aromatic N) is 2. The van der Waals surface area contributed by atoms with E-state index in [2.05, 4.69) is 156 Å². The number of hydrogen-bond acceptors (Lipinski definition) is 0. The minimum Gasteiger partial charge on any atom is -0.309 e. The number of hydrogen-bond donors (Lipinski definition) is 0. The third-order valence-electron chi connectivity index (χ3n) is 7.99. The third-order valence-corrected chi connectivity index (χ3v) is 7.99. The summed E-state index contributed by atoms with van der Waals surface area (Å²) in [6.07, 6.45) is 0. The summed E-state index contributed by atoms with van der Waals surface area (Å²) in [6, 6.07) is 50.6. The van der Waals surface area contributed by atoms with Crippen molar-refractivity contribution in [1.29, 1.82) is 0 Å². The SMILES string of the molecule is CC.Cc1ccc2c(c1)c1ccccc1n2-c1ccc(-c2ccc(-n3c4ccccc4c4ccccc43)cc2)cc1. The lowest BCUT2D eigenvalue weighted by Gasteiger charge is -2.11. The van der Waals surface area contributed by atoms with Gasteiger partial charge in [0.1, 0.15) is 0 Å². The molecule has 0 spiro atoms. The van der Waals surface area contributed by atoms with E-state index in [4.69, 9.17) is 0 Å². The summed E-state index contributed by atoms with van der Waals surface area (Å²) in [5, 5.41) is 5.16. The Morgan fingerprint density at radius 1 is 0.366 bits per heavy atom. The second-order valence-corrected chi connectivity index (χ2v) is 10.3. The average molecular weight is 529 g/mol. The van der Waals surface area contributed by atoms with E-state index in [1.807, 2.05) is 13.8 Å². The summed E-state index contributed by atoms with van der Waals surface area (Å²) in [7, 11) is 0. The van der Waals surface area contributed by atoms with Gasteiger partial charge in [-0.2, -0.15) is 0 Å². The molecule has 0 amide bonds. The van der Waals surface area contributed by atoms with Crippen LogP contribution < -0.4 is 0 Å². The largest absolute Gasteiger partial charge is 0.309 e. The van der Waals surface area contributed by atoms with Crippen molar-refractivity contribution in [3.63, 3.8) is 0 Å². The highest BCUT2D eigenvalue weighted by molar-refractivity contribution is 6.10. The minimum absolute atomic E-state index is 1.17. The van der Waals surface area contributed by atoms with Gasteiger partial charge in [0.2, 0.25) is 0 Å². The number of rotatable bonds is 3. The molecule has 0 fully saturated rings. The first kappa shape index (κ1) is 24.9. The molecular formula is C39H32N2. The zero-order valence-corrected chi connectivity index (χ0v) is 23.7. The molecule has 0 atom stereocenters. The second kappa shape index (κ2) is 10.1. The van der Waals surface area contributed by atoms with Crippen LogP contribution >= 0.6 is 0 Å². The van der Waals surface area contributed by atoms with Gasteiger partial charge in [-0.15, -0.1) is 0 Å². The summed E-state index contributed by atoms with van der Waals surface area (Å²) in [5.41, 5.74) is 11.0. The molecule has 0 saturated heterocycles. The zero-order chi connectivity index (χ0) is 27.9. The maximum absolute atomic E-state index is 2.37. The molecule has 198 valence electrons. The molecular weight excluding hydrogens is 496 g/mol. The molecule has 0 unspecified atom stereocenters. The lowest BCUT2D eigenvalue weighted by molar-refractivity contribution is 1.18. The van der Waals surface area contributed by atoms with Crippen LogP contribution in [0.4, 0.5) is 0 Å². The Morgan fingerprint density at radius 3 is 1.17 bits per heavy atom. The van der Waals surface area contributed by atoms with E-state index in [1.165, 1.54) is 71.7 Å². The fourth-order valence-corrected chi connectivity index (χ4v) is 6.17. The van der Waals surface area contributed by atoms with Crippen LogP contribution in [-0.4, -0.2) is 9.13 Å². The van der Waals surface area contributed by atoms with E-state index in [9.17, 15) is 0 Å². The highest BCUT2D eigenvalue weighted by Crippen LogP contribution is 2.35. The first-order valence-electron chi connectivity index (χ1n) is 14.5. The van der Waals surface area contributed by atoms with E-state index in [1.54, 1.807) is 0 Å². The van der Waals surface area contributed by atoms with Gasteiger partial charge in [0.05, 0.1) is 22.1 Å². The number of benzene rings is 6. The van der Waals surface area contributed by atoms with Crippen molar-refractivity contribution < 1.29 is 0 Å².